The van der Waals surface area contributed by atoms with Crippen molar-refractivity contribution in [3.63, 3.8) is 0 Å². The molecule has 134 valence electrons. The Kier molecular flexibility index (Phi) is 4.69. The van der Waals surface area contributed by atoms with Crippen LogP contribution in [0.25, 0.3) is 11.4 Å². The molecule has 0 saturated heterocycles. The van der Waals surface area contributed by atoms with Gasteiger partial charge < -0.3 is 4.98 Å². The molecule has 1 N–H and O–H groups in total. The Balaban J connectivity index is 1.58. The molecule has 0 fully saturated rings. The molecule has 26 heavy (non-hydrogen) atoms. The van der Waals surface area contributed by atoms with E-state index in [4.69, 9.17) is 16.6 Å². The van der Waals surface area contributed by atoms with Gasteiger partial charge in [-0.25, -0.2) is 4.98 Å². The van der Waals surface area contributed by atoms with Gasteiger partial charge in [0.25, 0.3) is 5.56 Å². The largest absolute Gasteiger partial charge is 0.306 e. The predicted octanol–water partition coefficient (Wildman–Crippen LogP) is 4.33. The smallest absolute Gasteiger partial charge is 0.255 e. The van der Waals surface area contributed by atoms with Crippen molar-refractivity contribution in [2.24, 2.45) is 0 Å². The summed E-state index contributed by atoms with van der Waals surface area (Å²) in [7, 11) is 0. The number of H-pyrrole nitrogens is 1. The van der Waals surface area contributed by atoms with Gasteiger partial charge in [-0.2, -0.15) is 0 Å². The summed E-state index contributed by atoms with van der Waals surface area (Å²) in [6.07, 6.45) is 0.795. The molecule has 0 radical (unpaired) electrons. The molecule has 3 aromatic rings. The lowest BCUT2D eigenvalue weighted by Gasteiger charge is -2.27. The molecular formula is C20H20ClN3OS. The Bertz CT molecular complexity index is 987. The number of hydrogen-bond donors (Lipinski definition) is 1. The molecular weight excluding hydrogens is 366 g/mol. The van der Waals surface area contributed by atoms with Gasteiger partial charge in [-0.15, -0.1) is 11.3 Å². The number of nitrogens with one attached hydrogen (secondary N) is 1. The summed E-state index contributed by atoms with van der Waals surface area (Å²) in [5, 5.41) is 0.670. The van der Waals surface area contributed by atoms with Gasteiger partial charge in [0.2, 0.25) is 0 Å². The zero-order valence-electron chi connectivity index (χ0n) is 14.8. The first-order chi connectivity index (χ1) is 12.5. The molecule has 0 amide bonds. The second kappa shape index (κ2) is 6.99. The molecule has 0 atom stereocenters. The summed E-state index contributed by atoms with van der Waals surface area (Å²) in [5.41, 5.74) is 3.88. The van der Waals surface area contributed by atoms with E-state index < -0.39 is 0 Å². The van der Waals surface area contributed by atoms with Gasteiger partial charge in [0.1, 0.15) is 5.82 Å². The fourth-order valence-corrected chi connectivity index (χ4v) is 4.53. The number of aromatic nitrogens is 2. The molecule has 1 aliphatic rings. The number of benzene rings is 1. The molecule has 0 saturated carbocycles. The Morgan fingerprint density at radius 3 is 2.73 bits per heavy atom. The van der Waals surface area contributed by atoms with Crippen LogP contribution < -0.4 is 5.56 Å². The van der Waals surface area contributed by atoms with Gasteiger partial charge in [0, 0.05) is 46.4 Å². The van der Waals surface area contributed by atoms with Gasteiger partial charge in [-0.3, -0.25) is 9.69 Å². The van der Waals surface area contributed by atoms with Crippen molar-refractivity contribution in [2.45, 2.75) is 33.4 Å². The van der Waals surface area contributed by atoms with Gasteiger partial charge >= 0.3 is 0 Å². The van der Waals surface area contributed by atoms with Crippen molar-refractivity contribution >= 4 is 22.9 Å². The number of nitrogens with zero attached hydrogens (tertiary/aromatic N) is 2. The van der Waals surface area contributed by atoms with Crippen LogP contribution in [0.5, 0.6) is 0 Å². The average Bonchev–Trinajstić information content (AvgIpc) is 2.93. The van der Waals surface area contributed by atoms with Crippen molar-refractivity contribution in [1.29, 1.82) is 0 Å². The molecule has 0 aliphatic carbocycles. The third-order valence-corrected chi connectivity index (χ3v) is 6.25. The Labute approximate surface area is 161 Å². The standard InChI is InChI=1S/C20H20ClN3OS/c1-12-9-16(26-13(12)2)10-24-8-7-18-17(11-24)20(25)23-19(22-18)14-3-5-15(21)6-4-14/h3-6,9H,7-8,10-11H2,1-2H3,(H,22,23,25). The first kappa shape index (κ1) is 17.5. The zero-order chi connectivity index (χ0) is 18.3. The van der Waals surface area contributed by atoms with Crippen LogP contribution in [0, 0.1) is 13.8 Å². The molecule has 0 spiro atoms. The van der Waals surface area contributed by atoms with Gasteiger partial charge in [-0.05, 0) is 49.7 Å². The quantitative estimate of drug-likeness (QED) is 0.730. The first-order valence-electron chi connectivity index (χ1n) is 8.66. The summed E-state index contributed by atoms with van der Waals surface area (Å²) < 4.78 is 0. The van der Waals surface area contributed by atoms with Crippen molar-refractivity contribution in [1.82, 2.24) is 14.9 Å². The molecule has 4 rings (SSSR count). The zero-order valence-corrected chi connectivity index (χ0v) is 16.4. The SMILES string of the molecule is Cc1cc(CN2CCc3nc(-c4ccc(Cl)cc4)[nH]c(=O)c3C2)sc1C. The van der Waals surface area contributed by atoms with E-state index in [-0.39, 0.29) is 5.56 Å². The number of halogens is 1. The first-order valence-corrected chi connectivity index (χ1v) is 9.85. The van der Waals surface area contributed by atoms with Crippen LogP contribution in [0.3, 0.4) is 0 Å². The maximum Gasteiger partial charge on any atom is 0.255 e. The average molecular weight is 386 g/mol. The highest BCUT2D eigenvalue weighted by molar-refractivity contribution is 7.12. The second-order valence-corrected chi connectivity index (χ2v) is 8.54. The van der Waals surface area contributed by atoms with E-state index in [9.17, 15) is 4.79 Å². The lowest BCUT2D eigenvalue weighted by molar-refractivity contribution is 0.244. The van der Waals surface area contributed by atoms with E-state index in [1.165, 1.54) is 15.3 Å². The predicted molar refractivity (Wildman–Crippen MR) is 107 cm³/mol. The van der Waals surface area contributed by atoms with Crippen LogP contribution in [-0.4, -0.2) is 21.4 Å². The summed E-state index contributed by atoms with van der Waals surface area (Å²) in [6, 6.07) is 9.63. The topological polar surface area (TPSA) is 49.0 Å². The number of aryl methyl sites for hydroxylation is 2. The lowest BCUT2D eigenvalue weighted by Crippen LogP contribution is -2.35. The molecule has 0 unspecified atom stereocenters. The van der Waals surface area contributed by atoms with E-state index in [0.29, 0.717) is 17.4 Å². The van der Waals surface area contributed by atoms with E-state index in [2.05, 4.69) is 29.8 Å². The van der Waals surface area contributed by atoms with E-state index >= 15 is 0 Å². The highest BCUT2D eigenvalue weighted by Crippen LogP contribution is 2.25. The van der Waals surface area contributed by atoms with Crippen LogP contribution in [0.4, 0.5) is 0 Å². The maximum atomic E-state index is 12.6. The molecule has 1 aromatic carbocycles. The Morgan fingerprint density at radius 1 is 1.27 bits per heavy atom. The molecule has 1 aliphatic heterocycles. The highest BCUT2D eigenvalue weighted by atomic mass is 35.5. The van der Waals surface area contributed by atoms with E-state index in [1.807, 2.05) is 35.6 Å². The molecule has 2 aromatic heterocycles. The third-order valence-electron chi connectivity index (χ3n) is 4.86. The molecule has 6 heteroatoms. The van der Waals surface area contributed by atoms with Crippen molar-refractivity contribution in [3.8, 4) is 11.4 Å². The van der Waals surface area contributed by atoms with Gasteiger partial charge in [0.15, 0.2) is 0 Å². The number of fused-ring (bicyclic) bond motifs is 1. The fraction of sp³-hybridized carbons (Fsp3) is 0.300. The number of thiophene rings is 1. The fourth-order valence-electron chi connectivity index (χ4n) is 3.31. The summed E-state index contributed by atoms with van der Waals surface area (Å²) in [5.74, 6) is 0.614. The van der Waals surface area contributed by atoms with Crippen molar-refractivity contribution in [3.05, 3.63) is 72.3 Å². The number of aromatic amines is 1. The minimum atomic E-state index is -0.0387. The van der Waals surface area contributed by atoms with Crippen LogP contribution in [0.1, 0.15) is 26.6 Å². The monoisotopic (exact) mass is 385 g/mol. The minimum absolute atomic E-state index is 0.0387. The van der Waals surface area contributed by atoms with Crippen LogP contribution in [0.2, 0.25) is 5.02 Å². The van der Waals surface area contributed by atoms with Gasteiger partial charge in [-0.1, -0.05) is 11.6 Å². The van der Waals surface area contributed by atoms with Crippen molar-refractivity contribution in [2.75, 3.05) is 6.54 Å². The lowest BCUT2D eigenvalue weighted by atomic mass is 10.1. The van der Waals surface area contributed by atoms with Crippen LogP contribution in [0.15, 0.2) is 35.1 Å². The highest BCUT2D eigenvalue weighted by Gasteiger charge is 2.22. The van der Waals surface area contributed by atoms with Gasteiger partial charge in [0.05, 0.1) is 11.3 Å². The van der Waals surface area contributed by atoms with Crippen molar-refractivity contribution < 1.29 is 0 Å². The van der Waals surface area contributed by atoms with Crippen LogP contribution in [-0.2, 0) is 19.5 Å². The second-order valence-electron chi connectivity index (χ2n) is 6.76. The maximum absolute atomic E-state index is 12.6. The minimum Gasteiger partial charge on any atom is -0.306 e. The summed E-state index contributed by atoms with van der Waals surface area (Å²) in [6.45, 7) is 6.75. The third kappa shape index (κ3) is 3.47. The van der Waals surface area contributed by atoms with E-state index in [1.54, 1.807) is 0 Å². The molecule has 0 bridgehead atoms. The Morgan fingerprint density at radius 2 is 2.04 bits per heavy atom. The summed E-state index contributed by atoms with van der Waals surface area (Å²) >= 11 is 7.78. The number of rotatable bonds is 3. The molecule has 3 heterocycles. The Hall–Kier alpha value is -1.95. The number of hydrogen-bond acceptors (Lipinski definition) is 4. The normalized spacial score (nSPS) is 14.4. The van der Waals surface area contributed by atoms with E-state index in [0.717, 1.165) is 36.3 Å². The summed E-state index contributed by atoms with van der Waals surface area (Å²) in [4.78, 5) is 25.3. The molecule has 4 nitrogen and oxygen atoms in total. The van der Waals surface area contributed by atoms with Crippen LogP contribution >= 0.6 is 22.9 Å².